The first-order valence-electron chi connectivity index (χ1n) is 7.22. The van der Waals surface area contributed by atoms with Crippen molar-refractivity contribution in [3.05, 3.63) is 24.3 Å². The molecule has 6 nitrogen and oxygen atoms in total. The minimum Gasteiger partial charge on any atom is -0.482 e. The average Bonchev–Trinajstić information content (AvgIpc) is 2.50. The van der Waals surface area contributed by atoms with E-state index in [0.29, 0.717) is 18.8 Å². The van der Waals surface area contributed by atoms with E-state index in [1.807, 2.05) is 31.2 Å². The predicted octanol–water partition coefficient (Wildman–Crippen LogP) is 0.950. The summed E-state index contributed by atoms with van der Waals surface area (Å²) in [5.74, 6) is 0.517. The van der Waals surface area contributed by atoms with Gasteiger partial charge in [-0.2, -0.15) is 0 Å². The summed E-state index contributed by atoms with van der Waals surface area (Å²) < 4.78 is 5.36. The summed E-state index contributed by atoms with van der Waals surface area (Å²) in [5.41, 5.74) is 0.731. The smallest absolute Gasteiger partial charge is 0.265 e. The van der Waals surface area contributed by atoms with Crippen molar-refractivity contribution in [1.82, 2.24) is 10.6 Å². The minimum absolute atomic E-state index is 0. The number of amides is 2. The minimum atomic E-state index is -0.117. The van der Waals surface area contributed by atoms with Crippen LogP contribution in [0.2, 0.25) is 0 Å². The Bertz CT molecular complexity index is 511. The van der Waals surface area contributed by atoms with Crippen molar-refractivity contribution in [2.24, 2.45) is 0 Å². The molecule has 122 valence electrons. The number of benzene rings is 1. The zero-order valence-corrected chi connectivity index (χ0v) is 13.4. The van der Waals surface area contributed by atoms with Gasteiger partial charge in [-0.05, 0) is 18.7 Å². The molecule has 0 saturated heterocycles. The maximum Gasteiger partial charge on any atom is 0.265 e. The summed E-state index contributed by atoms with van der Waals surface area (Å²) in [5, 5.41) is 5.96. The molecule has 0 aromatic heterocycles. The molecule has 2 rings (SSSR count). The van der Waals surface area contributed by atoms with E-state index in [1.54, 1.807) is 4.90 Å². The first-order valence-corrected chi connectivity index (χ1v) is 7.22. The normalized spacial score (nSPS) is 13.0. The Labute approximate surface area is 136 Å². The van der Waals surface area contributed by atoms with Crippen LogP contribution in [0.25, 0.3) is 0 Å². The standard InChI is InChI=1S/C15H21N3O3.ClH/c1-2-16-8-9-17-14(19)7-10-18-12-5-3-4-6-13(12)21-11-15(18)20;/h3-6,16H,2,7-11H2,1H3,(H,17,19);1H. The molecule has 2 N–H and O–H groups in total. The molecule has 0 saturated carbocycles. The second-order valence-corrected chi connectivity index (χ2v) is 4.76. The van der Waals surface area contributed by atoms with Crippen molar-refractivity contribution in [2.75, 3.05) is 37.7 Å². The topological polar surface area (TPSA) is 70.7 Å². The van der Waals surface area contributed by atoms with Gasteiger partial charge in [0.1, 0.15) is 5.75 Å². The van der Waals surface area contributed by atoms with Gasteiger partial charge in [-0.25, -0.2) is 0 Å². The van der Waals surface area contributed by atoms with E-state index in [4.69, 9.17) is 4.74 Å². The Balaban J connectivity index is 0.00000242. The zero-order chi connectivity index (χ0) is 15.1. The molecule has 2 amide bonds. The third-order valence-corrected chi connectivity index (χ3v) is 3.24. The molecule has 0 radical (unpaired) electrons. The number of carbonyl (C=O) groups excluding carboxylic acids is 2. The lowest BCUT2D eigenvalue weighted by molar-refractivity contribution is -0.122. The summed E-state index contributed by atoms with van der Waals surface area (Å²) in [6.07, 6.45) is 0.284. The Morgan fingerprint density at radius 3 is 2.86 bits per heavy atom. The van der Waals surface area contributed by atoms with Crippen molar-refractivity contribution in [3.63, 3.8) is 0 Å². The quantitative estimate of drug-likeness (QED) is 0.732. The Morgan fingerprint density at radius 1 is 1.32 bits per heavy atom. The van der Waals surface area contributed by atoms with Gasteiger partial charge in [-0.1, -0.05) is 19.1 Å². The number of nitrogens with zero attached hydrogens (tertiary/aromatic N) is 1. The molecule has 0 aliphatic carbocycles. The summed E-state index contributed by atoms with van der Waals surface area (Å²) in [6, 6.07) is 7.37. The van der Waals surface area contributed by atoms with Crippen LogP contribution in [-0.4, -0.2) is 44.6 Å². The number of carbonyl (C=O) groups is 2. The number of anilines is 1. The van der Waals surface area contributed by atoms with Crippen LogP contribution in [0.15, 0.2) is 24.3 Å². The number of rotatable bonds is 7. The molecule has 1 aromatic carbocycles. The molecule has 0 spiro atoms. The van der Waals surface area contributed by atoms with Crippen molar-refractivity contribution < 1.29 is 14.3 Å². The van der Waals surface area contributed by atoms with E-state index in [-0.39, 0.29) is 37.2 Å². The lowest BCUT2D eigenvalue weighted by Gasteiger charge is -2.29. The fraction of sp³-hybridized carbons (Fsp3) is 0.467. The van der Waals surface area contributed by atoms with Gasteiger partial charge in [-0.3, -0.25) is 9.59 Å². The highest BCUT2D eigenvalue weighted by Gasteiger charge is 2.25. The number of ether oxygens (including phenoxy) is 1. The monoisotopic (exact) mass is 327 g/mol. The van der Waals surface area contributed by atoms with E-state index >= 15 is 0 Å². The van der Waals surface area contributed by atoms with Crippen LogP contribution >= 0.6 is 12.4 Å². The number of likely N-dealkylation sites (N-methyl/N-ethyl adjacent to an activating group) is 1. The van der Waals surface area contributed by atoms with Crippen LogP contribution in [0.4, 0.5) is 5.69 Å². The summed E-state index contributed by atoms with van der Waals surface area (Å²) in [4.78, 5) is 25.3. The first-order chi connectivity index (χ1) is 10.2. The van der Waals surface area contributed by atoms with Crippen LogP contribution < -0.4 is 20.3 Å². The van der Waals surface area contributed by atoms with Gasteiger partial charge in [0.05, 0.1) is 5.69 Å². The highest BCUT2D eigenvalue weighted by Crippen LogP contribution is 2.31. The van der Waals surface area contributed by atoms with E-state index in [1.165, 1.54) is 0 Å². The molecule has 1 aliphatic rings. The number of fused-ring (bicyclic) bond motifs is 1. The number of halogens is 1. The Morgan fingerprint density at radius 2 is 2.09 bits per heavy atom. The van der Waals surface area contributed by atoms with E-state index in [2.05, 4.69) is 10.6 Å². The van der Waals surface area contributed by atoms with Crippen molar-refractivity contribution in [1.29, 1.82) is 0 Å². The highest BCUT2D eigenvalue weighted by atomic mass is 35.5. The van der Waals surface area contributed by atoms with Crippen LogP contribution in [0.5, 0.6) is 5.75 Å². The molecule has 0 atom stereocenters. The molecule has 0 unspecified atom stereocenters. The molecule has 22 heavy (non-hydrogen) atoms. The Hall–Kier alpha value is -1.79. The van der Waals surface area contributed by atoms with Crippen molar-refractivity contribution in [2.45, 2.75) is 13.3 Å². The summed E-state index contributed by atoms with van der Waals surface area (Å²) >= 11 is 0. The fourth-order valence-electron chi connectivity index (χ4n) is 2.17. The van der Waals surface area contributed by atoms with Crippen LogP contribution in [0, 0.1) is 0 Å². The van der Waals surface area contributed by atoms with Gasteiger partial charge in [0.25, 0.3) is 5.91 Å². The largest absolute Gasteiger partial charge is 0.482 e. The lowest BCUT2D eigenvalue weighted by Crippen LogP contribution is -2.41. The van der Waals surface area contributed by atoms with Gasteiger partial charge in [0.2, 0.25) is 5.91 Å². The van der Waals surface area contributed by atoms with Gasteiger partial charge < -0.3 is 20.3 Å². The second kappa shape index (κ2) is 9.27. The lowest BCUT2D eigenvalue weighted by atomic mass is 10.2. The predicted molar refractivity (Wildman–Crippen MR) is 87.7 cm³/mol. The second-order valence-electron chi connectivity index (χ2n) is 4.76. The van der Waals surface area contributed by atoms with E-state index < -0.39 is 0 Å². The molecule has 1 aromatic rings. The molecule has 0 fully saturated rings. The van der Waals surface area contributed by atoms with E-state index in [9.17, 15) is 9.59 Å². The van der Waals surface area contributed by atoms with Crippen molar-refractivity contribution in [3.8, 4) is 5.75 Å². The number of para-hydroxylation sites is 2. The van der Waals surface area contributed by atoms with Gasteiger partial charge in [0, 0.05) is 26.1 Å². The van der Waals surface area contributed by atoms with Gasteiger partial charge in [-0.15, -0.1) is 12.4 Å². The molecule has 7 heteroatoms. The SMILES string of the molecule is CCNCCNC(=O)CCN1C(=O)COc2ccccc21.Cl. The van der Waals surface area contributed by atoms with Crippen LogP contribution in [0.1, 0.15) is 13.3 Å². The van der Waals surface area contributed by atoms with E-state index in [0.717, 1.165) is 18.8 Å². The van der Waals surface area contributed by atoms with Gasteiger partial charge in [0.15, 0.2) is 6.61 Å². The zero-order valence-electron chi connectivity index (χ0n) is 12.6. The van der Waals surface area contributed by atoms with Crippen LogP contribution in [0.3, 0.4) is 0 Å². The fourth-order valence-corrected chi connectivity index (χ4v) is 2.17. The highest BCUT2D eigenvalue weighted by molar-refractivity contribution is 5.98. The summed E-state index contributed by atoms with van der Waals surface area (Å²) in [6.45, 7) is 4.64. The molecule has 1 aliphatic heterocycles. The molecule has 1 heterocycles. The number of hydrogen-bond donors (Lipinski definition) is 2. The number of nitrogens with one attached hydrogen (secondary N) is 2. The first kappa shape index (κ1) is 18.3. The van der Waals surface area contributed by atoms with Crippen molar-refractivity contribution >= 4 is 29.9 Å². The maximum absolute atomic E-state index is 11.9. The molecule has 0 bridgehead atoms. The maximum atomic E-state index is 11.9. The third kappa shape index (κ3) is 4.89. The van der Waals surface area contributed by atoms with Crippen LogP contribution in [-0.2, 0) is 9.59 Å². The molecular weight excluding hydrogens is 306 g/mol. The summed E-state index contributed by atoms with van der Waals surface area (Å²) in [7, 11) is 0. The molecular formula is C15H22ClN3O3. The third-order valence-electron chi connectivity index (χ3n) is 3.24. The number of hydrogen-bond acceptors (Lipinski definition) is 4. The van der Waals surface area contributed by atoms with Gasteiger partial charge >= 0.3 is 0 Å². The average molecular weight is 328 g/mol. The Kier molecular flexibility index (Phi) is 7.70.